The molecule has 1 aliphatic rings. The first kappa shape index (κ1) is 11.3. The predicted molar refractivity (Wildman–Crippen MR) is 63.5 cm³/mol. The van der Waals surface area contributed by atoms with Crippen molar-refractivity contribution in [2.45, 2.75) is 38.7 Å². The van der Waals surface area contributed by atoms with Crippen LogP contribution in [0.2, 0.25) is 0 Å². The molecule has 1 aliphatic carbocycles. The van der Waals surface area contributed by atoms with Crippen LogP contribution in [0, 0.1) is 6.92 Å². The summed E-state index contributed by atoms with van der Waals surface area (Å²) in [6.45, 7) is 3.48. The van der Waals surface area contributed by atoms with Crippen LogP contribution in [0.25, 0.3) is 0 Å². The molecule has 4 nitrogen and oxygen atoms in total. The lowest BCUT2D eigenvalue weighted by Crippen LogP contribution is -2.16. The van der Waals surface area contributed by atoms with E-state index in [4.69, 9.17) is 4.74 Å². The molecule has 88 valence electrons. The largest absolute Gasteiger partial charge is 0.376 e. The third kappa shape index (κ3) is 3.45. The number of rotatable bonds is 5. The summed E-state index contributed by atoms with van der Waals surface area (Å²) in [5, 5.41) is 3.16. The lowest BCUT2D eigenvalue weighted by Gasteiger charge is -2.11. The molecule has 16 heavy (non-hydrogen) atoms. The van der Waals surface area contributed by atoms with E-state index >= 15 is 0 Å². The molecule has 0 bridgehead atoms. The molecule has 1 aromatic heterocycles. The Bertz CT molecular complexity index is 324. The Balaban J connectivity index is 1.64. The summed E-state index contributed by atoms with van der Waals surface area (Å²) in [5.41, 5.74) is 0.981. The van der Waals surface area contributed by atoms with Gasteiger partial charge in [0.05, 0.1) is 12.7 Å². The van der Waals surface area contributed by atoms with Crippen LogP contribution in [0.3, 0.4) is 0 Å². The standard InChI is InChI=1S/C12H19N3O/c1-10-6-7-13-12(15-10)14-8-9-16-11-4-2-3-5-11/h6-7,11H,2-5,8-9H2,1H3,(H,13,14,15). The van der Waals surface area contributed by atoms with Gasteiger partial charge in [0.15, 0.2) is 0 Å². The van der Waals surface area contributed by atoms with Gasteiger partial charge in [-0.1, -0.05) is 12.8 Å². The first-order valence-electron chi connectivity index (χ1n) is 6.00. The summed E-state index contributed by atoms with van der Waals surface area (Å²) < 4.78 is 5.74. The highest BCUT2D eigenvalue weighted by Crippen LogP contribution is 2.20. The number of aryl methyl sites for hydroxylation is 1. The monoisotopic (exact) mass is 221 g/mol. The Hall–Kier alpha value is -1.16. The van der Waals surface area contributed by atoms with E-state index in [9.17, 15) is 0 Å². The Morgan fingerprint density at radius 1 is 1.44 bits per heavy atom. The summed E-state index contributed by atoms with van der Waals surface area (Å²) >= 11 is 0. The van der Waals surface area contributed by atoms with Gasteiger partial charge in [-0.2, -0.15) is 0 Å². The predicted octanol–water partition coefficient (Wildman–Crippen LogP) is 2.16. The van der Waals surface area contributed by atoms with E-state index in [-0.39, 0.29) is 0 Å². The zero-order valence-corrected chi connectivity index (χ0v) is 9.78. The van der Waals surface area contributed by atoms with Crippen LogP contribution in [0.15, 0.2) is 12.3 Å². The molecule has 0 amide bonds. The second-order valence-electron chi connectivity index (χ2n) is 4.23. The normalized spacial score (nSPS) is 16.6. The minimum Gasteiger partial charge on any atom is -0.376 e. The van der Waals surface area contributed by atoms with Gasteiger partial charge < -0.3 is 10.1 Å². The first-order valence-corrected chi connectivity index (χ1v) is 6.00. The maximum absolute atomic E-state index is 5.74. The lowest BCUT2D eigenvalue weighted by atomic mass is 10.3. The fourth-order valence-corrected chi connectivity index (χ4v) is 1.98. The second-order valence-corrected chi connectivity index (χ2v) is 4.23. The van der Waals surface area contributed by atoms with Gasteiger partial charge in [0.1, 0.15) is 0 Å². The molecule has 0 atom stereocenters. The zero-order valence-electron chi connectivity index (χ0n) is 9.78. The Morgan fingerprint density at radius 2 is 2.25 bits per heavy atom. The van der Waals surface area contributed by atoms with Crippen molar-refractivity contribution in [3.63, 3.8) is 0 Å². The molecular formula is C12H19N3O. The topological polar surface area (TPSA) is 47.0 Å². The van der Waals surface area contributed by atoms with Crippen molar-refractivity contribution in [3.8, 4) is 0 Å². The smallest absolute Gasteiger partial charge is 0.222 e. The molecule has 0 spiro atoms. The van der Waals surface area contributed by atoms with E-state index < -0.39 is 0 Å². The van der Waals surface area contributed by atoms with Crippen molar-refractivity contribution in [2.75, 3.05) is 18.5 Å². The molecule has 0 radical (unpaired) electrons. The highest BCUT2D eigenvalue weighted by Gasteiger charge is 2.14. The molecule has 1 fully saturated rings. The van der Waals surface area contributed by atoms with Crippen LogP contribution in [0.1, 0.15) is 31.4 Å². The first-order chi connectivity index (χ1) is 7.84. The molecule has 1 aromatic rings. The van der Waals surface area contributed by atoms with Gasteiger partial charge in [0.25, 0.3) is 0 Å². The number of ether oxygens (including phenoxy) is 1. The molecule has 1 saturated carbocycles. The highest BCUT2D eigenvalue weighted by molar-refractivity contribution is 5.24. The van der Waals surface area contributed by atoms with E-state index in [0.29, 0.717) is 12.1 Å². The molecule has 0 aliphatic heterocycles. The third-order valence-corrected chi connectivity index (χ3v) is 2.84. The summed E-state index contributed by atoms with van der Waals surface area (Å²) in [6.07, 6.45) is 7.34. The number of hydrogen-bond acceptors (Lipinski definition) is 4. The Morgan fingerprint density at radius 3 is 3.00 bits per heavy atom. The molecular weight excluding hydrogens is 202 g/mol. The van der Waals surface area contributed by atoms with Gasteiger partial charge in [-0.3, -0.25) is 0 Å². The number of anilines is 1. The third-order valence-electron chi connectivity index (χ3n) is 2.84. The summed E-state index contributed by atoms with van der Waals surface area (Å²) in [7, 11) is 0. The van der Waals surface area contributed by atoms with Gasteiger partial charge in [0, 0.05) is 18.4 Å². The van der Waals surface area contributed by atoms with Crippen LogP contribution >= 0.6 is 0 Å². The maximum atomic E-state index is 5.74. The maximum Gasteiger partial charge on any atom is 0.222 e. The average molecular weight is 221 g/mol. The van der Waals surface area contributed by atoms with Crippen LogP contribution in [0.4, 0.5) is 5.95 Å². The molecule has 0 saturated heterocycles. The number of aromatic nitrogens is 2. The van der Waals surface area contributed by atoms with E-state index in [0.717, 1.165) is 18.8 Å². The lowest BCUT2D eigenvalue weighted by molar-refractivity contribution is 0.0658. The highest BCUT2D eigenvalue weighted by atomic mass is 16.5. The van der Waals surface area contributed by atoms with Crippen LogP contribution in [0.5, 0.6) is 0 Å². The molecule has 0 aromatic carbocycles. The number of hydrogen-bond donors (Lipinski definition) is 1. The van der Waals surface area contributed by atoms with Gasteiger partial charge in [0.2, 0.25) is 5.95 Å². The van der Waals surface area contributed by atoms with Crippen molar-refractivity contribution in [2.24, 2.45) is 0 Å². The van der Waals surface area contributed by atoms with E-state index in [2.05, 4.69) is 15.3 Å². The fraction of sp³-hybridized carbons (Fsp3) is 0.667. The SMILES string of the molecule is Cc1ccnc(NCCOC2CCCC2)n1. The quantitative estimate of drug-likeness (QED) is 0.774. The molecule has 1 heterocycles. The second kappa shape index (κ2) is 5.80. The van der Waals surface area contributed by atoms with Crippen molar-refractivity contribution >= 4 is 5.95 Å². The van der Waals surface area contributed by atoms with Crippen LogP contribution in [-0.2, 0) is 4.74 Å². The van der Waals surface area contributed by atoms with Crippen molar-refractivity contribution in [3.05, 3.63) is 18.0 Å². The summed E-state index contributed by atoms with van der Waals surface area (Å²) in [4.78, 5) is 8.40. The van der Waals surface area contributed by atoms with E-state index in [1.165, 1.54) is 25.7 Å². The minimum atomic E-state index is 0.486. The number of nitrogens with zero attached hydrogens (tertiary/aromatic N) is 2. The van der Waals surface area contributed by atoms with Crippen molar-refractivity contribution in [1.29, 1.82) is 0 Å². The van der Waals surface area contributed by atoms with Gasteiger partial charge in [-0.05, 0) is 25.8 Å². The minimum absolute atomic E-state index is 0.486. The average Bonchev–Trinajstić information content (AvgIpc) is 2.77. The summed E-state index contributed by atoms with van der Waals surface area (Å²) in [6, 6.07) is 1.89. The van der Waals surface area contributed by atoms with Gasteiger partial charge in [-0.15, -0.1) is 0 Å². The number of nitrogens with one attached hydrogen (secondary N) is 1. The van der Waals surface area contributed by atoms with Crippen LogP contribution < -0.4 is 5.32 Å². The van der Waals surface area contributed by atoms with E-state index in [1.807, 2.05) is 13.0 Å². The van der Waals surface area contributed by atoms with Crippen molar-refractivity contribution in [1.82, 2.24) is 9.97 Å². The fourth-order valence-electron chi connectivity index (χ4n) is 1.98. The molecule has 2 rings (SSSR count). The molecule has 1 N–H and O–H groups in total. The van der Waals surface area contributed by atoms with Crippen molar-refractivity contribution < 1.29 is 4.74 Å². The molecule has 4 heteroatoms. The van der Waals surface area contributed by atoms with E-state index in [1.54, 1.807) is 6.20 Å². The Kier molecular flexibility index (Phi) is 4.10. The molecule has 0 unspecified atom stereocenters. The Labute approximate surface area is 96.4 Å². The summed E-state index contributed by atoms with van der Waals surface area (Å²) in [5.74, 6) is 0.690. The van der Waals surface area contributed by atoms with Crippen LogP contribution in [-0.4, -0.2) is 29.2 Å². The van der Waals surface area contributed by atoms with Gasteiger partial charge >= 0.3 is 0 Å². The zero-order chi connectivity index (χ0) is 11.2. The van der Waals surface area contributed by atoms with Gasteiger partial charge in [-0.25, -0.2) is 9.97 Å².